The second-order valence-electron chi connectivity index (χ2n) is 3.40. The van der Waals surface area contributed by atoms with Crippen molar-refractivity contribution in [3.05, 3.63) is 0 Å². The van der Waals surface area contributed by atoms with Gasteiger partial charge in [0.1, 0.15) is 0 Å². The van der Waals surface area contributed by atoms with Gasteiger partial charge in [-0.15, -0.1) is 0 Å². The molecule has 0 spiro atoms. The monoisotopic (exact) mass is 189 g/mol. The zero-order valence-electron chi connectivity index (χ0n) is 6.66. The predicted molar refractivity (Wildman–Crippen MR) is 54.3 cm³/mol. The first kappa shape index (κ1) is 8.27. The van der Waals surface area contributed by atoms with Gasteiger partial charge in [0.05, 0.1) is 0 Å². The molecule has 1 saturated heterocycles. The molecule has 2 rings (SSSR count). The second kappa shape index (κ2) is 3.58. The van der Waals surface area contributed by atoms with E-state index in [1.807, 2.05) is 0 Å². The lowest BCUT2D eigenvalue weighted by atomic mass is 10.1. The molecular formula is C8H15NS2. The Kier molecular flexibility index (Phi) is 2.69. The van der Waals surface area contributed by atoms with E-state index < -0.39 is 0 Å². The number of hydrogen-bond acceptors (Lipinski definition) is 3. The topological polar surface area (TPSA) is 26.0 Å². The van der Waals surface area contributed by atoms with Crippen molar-refractivity contribution >= 4 is 23.5 Å². The van der Waals surface area contributed by atoms with Crippen LogP contribution in [0.4, 0.5) is 0 Å². The summed E-state index contributed by atoms with van der Waals surface area (Å²) in [5, 5.41) is 0.765. The fourth-order valence-electron chi connectivity index (χ4n) is 1.51. The number of thioether (sulfide) groups is 2. The zero-order chi connectivity index (χ0) is 7.68. The lowest BCUT2D eigenvalue weighted by Crippen LogP contribution is -2.38. The molecule has 3 heteroatoms. The van der Waals surface area contributed by atoms with E-state index in [1.165, 1.54) is 30.1 Å². The highest BCUT2D eigenvalue weighted by molar-refractivity contribution is 8.06. The summed E-state index contributed by atoms with van der Waals surface area (Å²) in [4.78, 5) is 0. The van der Waals surface area contributed by atoms with Gasteiger partial charge in [0.2, 0.25) is 0 Å². The molecule has 2 unspecified atom stereocenters. The quantitative estimate of drug-likeness (QED) is 0.714. The molecule has 1 aliphatic carbocycles. The van der Waals surface area contributed by atoms with Crippen LogP contribution >= 0.6 is 23.5 Å². The molecule has 64 valence electrons. The minimum atomic E-state index is 0.507. The molecule has 0 bridgehead atoms. The molecule has 1 heterocycles. The normalized spacial score (nSPS) is 35.2. The van der Waals surface area contributed by atoms with E-state index in [2.05, 4.69) is 23.5 Å². The average Bonchev–Trinajstić information content (AvgIpc) is 2.87. The van der Waals surface area contributed by atoms with E-state index in [0.717, 1.165) is 11.2 Å². The molecule has 1 nitrogen and oxygen atoms in total. The molecule has 1 aliphatic heterocycles. The first-order chi connectivity index (χ1) is 5.38. The molecular weight excluding hydrogens is 174 g/mol. The Balaban J connectivity index is 1.81. The number of hydrogen-bond donors (Lipinski definition) is 1. The fourth-order valence-corrected chi connectivity index (χ4v) is 4.41. The van der Waals surface area contributed by atoms with Crippen molar-refractivity contribution in [3.8, 4) is 0 Å². The van der Waals surface area contributed by atoms with Crippen molar-refractivity contribution in [1.82, 2.24) is 0 Å². The van der Waals surface area contributed by atoms with Crippen molar-refractivity contribution in [2.24, 2.45) is 11.7 Å². The van der Waals surface area contributed by atoms with Crippen LogP contribution in [0, 0.1) is 5.92 Å². The van der Waals surface area contributed by atoms with Crippen LogP contribution in [0.15, 0.2) is 0 Å². The first-order valence-electron chi connectivity index (χ1n) is 4.33. The maximum atomic E-state index is 6.12. The molecule has 2 N–H and O–H groups in total. The number of nitrogens with two attached hydrogens (primary N) is 1. The summed E-state index contributed by atoms with van der Waals surface area (Å²) >= 11 is 4.17. The summed E-state index contributed by atoms with van der Waals surface area (Å²) in [5.41, 5.74) is 6.12. The standard InChI is InChI=1S/C8H15NS2/c9-8(6-1-2-6)7-5-10-3-4-11-7/h6-8H,1-5,9H2. The molecule has 2 aliphatic rings. The highest BCUT2D eigenvalue weighted by atomic mass is 32.2. The SMILES string of the molecule is NC(C1CC1)C1CSCCS1. The van der Waals surface area contributed by atoms with Crippen molar-refractivity contribution in [2.45, 2.75) is 24.1 Å². The van der Waals surface area contributed by atoms with Gasteiger partial charge >= 0.3 is 0 Å². The molecule has 0 amide bonds. The summed E-state index contributed by atoms with van der Waals surface area (Å²) in [7, 11) is 0. The lowest BCUT2D eigenvalue weighted by Gasteiger charge is -2.26. The van der Waals surface area contributed by atoms with Crippen LogP contribution < -0.4 is 5.73 Å². The van der Waals surface area contributed by atoms with E-state index in [0.29, 0.717) is 6.04 Å². The third-order valence-electron chi connectivity index (χ3n) is 2.44. The average molecular weight is 189 g/mol. The molecule has 0 aromatic heterocycles. The zero-order valence-corrected chi connectivity index (χ0v) is 8.29. The fraction of sp³-hybridized carbons (Fsp3) is 1.00. The van der Waals surface area contributed by atoms with Gasteiger partial charge in [-0.3, -0.25) is 0 Å². The summed E-state index contributed by atoms with van der Waals surface area (Å²) in [6.07, 6.45) is 2.78. The Bertz CT molecular complexity index is 130. The maximum absolute atomic E-state index is 6.12. The van der Waals surface area contributed by atoms with Crippen LogP contribution in [0.1, 0.15) is 12.8 Å². The Morgan fingerprint density at radius 3 is 2.64 bits per heavy atom. The Hall–Kier alpha value is 0.660. The van der Waals surface area contributed by atoms with Gasteiger partial charge in [-0.1, -0.05) is 0 Å². The Labute approximate surface area is 76.9 Å². The predicted octanol–water partition coefficient (Wildman–Crippen LogP) is 1.57. The van der Waals surface area contributed by atoms with Crippen LogP contribution in [0.5, 0.6) is 0 Å². The van der Waals surface area contributed by atoms with Crippen LogP contribution in [-0.2, 0) is 0 Å². The summed E-state index contributed by atoms with van der Waals surface area (Å²) in [6.45, 7) is 0. The highest BCUT2D eigenvalue weighted by Crippen LogP contribution is 2.38. The van der Waals surface area contributed by atoms with Gasteiger partial charge in [-0.05, 0) is 18.8 Å². The van der Waals surface area contributed by atoms with Crippen LogP contribution in [0.25, 0.3) is 0 Å². The van der Waals surface area contributed by atoms with Crippen LogP contribution in [0.2, 0.25) is 0 Å². The van der Waals surface area contributed by atoms with Crippen LogP contribution in [-0.4, -0.2) is 28.6 Å². The minimum absolute atomic E-state index is 0.507. The van der Waals surface area contributed by atoms with E-state index in [4.69, 9.17) is 5.73 Å². The molecule has 2 fully saturated rings. The smallest absolute Gasteiger partial charge is 0.0292 e. The molecule has 0 aromatic carbocycles. The van der Waals surface area contributed by atoms with E-state index in [9.17, 15) is 0 Å². The van der Waals surface area contributed by atoms with Gasteiger partial charge < -0.3 is 5.73 Å². The van der Waals surface area contributed by atoms with E-state index >= 15 is 0 Å². The summed E-state index contributed by atoms with van der Waals surface area (Å²) in [6, 6.07) is 0.507. The molecule has 2 atom stereocenters. The largest absolute Gasteiger partial charge is 0.326 e. The van der Waals surface area contributed by atoms with Gasteiger partial charge in [-0.2, -0.15) is 23.5 Å². The van der Waals surface area contributed by atoms with Crippen molar-refractivity contribution < 1.29 is 0 Å². The van der Waals surface area contributed by atoms with Crippen molar-refractivity contribution in [3.63, 3.8) is 0 Å². The first-order valence-corrected chi connectivity index (χ1v) is 6.53. The summed E-state index contributed by atoms with van der Waals surface area (Å²) < 4.78 is 0. The van der Waals surface area contributed by atoms with Crippen molar-refractivity contribution in [2.75, 3.05) is 17.3 Å². The van der Waals surface area contributed by atoms with Gasteiger partial charge in [-0.25, -0.2) is 0 Å². The summed E-state index contributed by atoms with van der Waals surface area (Å²) in [5.74, 6) is 4.82. The maximum Gasteiger partial charge on any atom is 0.0292 e. The van der Waals surface area contributed by atoms with Crippen LogP contribution in [0.3, 0.4) is 0 Å². The number of rotatable bonds is 2. The minimum Gasteiger partial charge on any atom is -0.326 e. The highest BCUT2D eigenvalue weighted by Gasteiger charge is 2.34. The molecule has 0 radical (unpaired) electrons. The van der Waals surface area contributed by atoms with E-state index in [1.54, 1.807) is 0 Å². The van der Waals surface area contributed by atoms with E-state index in [-0.39, 0.29) is 0 Å². The van der Waals surface area contributed by atoms with Gasteiger partial charge in [0.25, 0.3) is 0 Å². The Morgan fingerprint density at radius 1 is 1.27 bits per heavy atom. The van der Waals surface area contributed by atoms with Gasteiger partial charge in [0.15, 0.2) is 0 Å². The molecule has 0 aromatic rings. The molecule has 1 saturated carbocycles. The third kappa shape index (κ3) is 2.07. The second-order valence-corrected chi connectivity index (χ2v) is 5.90. The molecule has 11 heavy (non-hydrogen) atoms. The van der Waals surface area contributed by atoms with Gasteiger partial charge in [0, 0.05) is 28.6 Å². The third-order valence-corrected chi connectivity index (χ3v) is 5.34. The van der Waals surface area contributed by atoms with Crippen molar-refractivity contribution in [1.29, 1.82) is 0 Å². The Morgan fingerprint density at radius 2 is 2.09 bits per heavy atom. The lowest BCUT2D eigenvalue weighted by molar-refractivity contribution is 0.592.